The number of hydrogen-bond acceptors (Lipinski definition) is 3. The highest BCUT2D eigenvalue weighted by Crippen LogP contribution is 2.25. The summed E-state index contributed by atoms with van der Waals surface area (Å²) in [4.78, 5) is 12.0. The highest BCUT2D eigenvalue weighted by atomic mass is 16.5. The number of ether oxygens (including phenoxy) is 2. The Morgan fingerprint density at radius 3 is 2.59 bits per heavy atom. The number of carbonyl (C=O) groups is 1. The van der Waals surface area contributed by atoms with Crippen LogP contribution in [0.3, 0.4) is 0 Å². The van der Waals surface area contributed by atoms with Gasteiger partial charge in [0.15, 0.2) is 6.61 Å². The van der Waals surface area contributed by atoms with Crippen LogP contribution in [-0.2, 0) is 4.79 Å². The van der Waals surface area contributed by atoms with E-state index in [2.05, 4.69) is 37.4 Å². The molecule has 0 saturated heterocycles. The first kappa shape index (κ1) is 18.8. The van der Waals surface area contributed by atoms with E-state index >= 15 is 0 Å². The van der Waals surface area contributed by atoms with Crippen molar-refractivity contribution in [2.45, 2.75) is 19.8 Å². The molecule has 27 heavy (non-hydrogen) atoms. The highest BCUT2D eigenvalue weighted by molar-refractivity contribution is 5.88. The van der Waals surface area contributed by atoms with Crippen LogP contribution in [0.25, 0.3) is 10.8 Å². The maximum atomic E-state index is 12.0. The van der Waals surface area contributed by atoms with Crippen LogP contribution in [0.5, 0.6) is 11.5 Å². The Morgan fingerprint density at radius 1 is 0.963 bits per heavy atom. The van der Waals surface area contributed by atoms with Crippen LogP contribution in [0.1, 0.15) is 25.3 Å². The van der Waals surface area contributed by atoms with Crippen molar-refractivity contribution in [1.29, 1.82) is 0 Å². The molecule has 0 radical (unpaired) electrons. The van der Waals surface area contributed by atoms with Crippen LogP contribution in [0, 0.1) is 0 Å². The fourth-order valence-electron chi connectivity index (χ4n) is 2.84. The van der Waals surface area contributed by atoms with Crippen LogP contribution in [-0.4, -0.2) is 25.7 Å². The predicted molar refractivity (Wildman–Crippen MR) is 108 cm³/mol. The average molecular weight is 363 g/mol. The minimum absolute atomic E-state index is 0.00415. The molecule has 0 unspecified atom stereocenters. The number of fused-ring (bicyclic) bond motifs is 1. The maximum Gasteiger partial charge on any atom is 0.258 e. The number of amides is 1. The zero-order chi connectivity index (χ0) is 19.1. The van der Waals surface area contributed by atoms with Crippen LogP contribution >= 0.6 is 0 Å². The number of rotatable bonds is 8. The Labute approximate surface area is 160 Å². The molecule has 0 aliphatic heterocycles. The van der Waals surface area contributed by atoms with Crippen molar-refractivity contribution in [3.05, 3.63) is 72.3 Å². The lowest BCUT2D eigenvalue weighted by molar-refractivity contribution is -0.123. The zero-order valence-electron chi connectivity index (χ0n) is 15.8. The summed E-state index contributed by atoms with van der Waals surface area (Å²) in [7, 11) is 0. The molecule has 3 aromatic carbocycles. The Morgan fingerprint density at radius 2 is 1.74 bits per heavy atom. The lowest BCUT2D eigenvalue weighted by Crippen LogP contribution is -2.32. The van der Waals surface area contributed by atoms with Gasteiger partial charge in [-0.1, -0.05) is 62.4 Å². The van der Waals surface area contributed by atoms with E-state index < -0.39 is 0 Å². The van der Waals surface area contributed by atoms with Crippen LogP contribution < -0.4 is 14.8 Å². The Hall–Kier alpha value is -3.01. The van der Waals surface area contributed by atoms with Crippen LogP contribution in [0.4, 0.5) is 0 Å². The topological polar surface area (TPSA) is 47.6 Å². The normalized spacial score (nSPS) is 10.8. The third kappa shape index (κ3) is 5.23. The van der Waals surface area contributed by atoms with Gasteiger partial charge >= 0.3 is 0 Å². The maximum absolute atomic E-state index is 12.0. The zero-order valence-corrected chi connectivity index (χ0v) is 15.8. The second-order valence-electron chi connectivity index (χ2n) is 6.69. The Kier molecular flexibility index (Phi) is 6.31. The second kappa shape index (κ2) is 9.08. The third-order valence-electron chi connectivity index (χ3n) is 4.33. The molecule has 4 nitrogen and oxygen atoms in total. The van der Waals surface area contributed by atoms with Gasteiger partial charge in [-0.05, 0) is 35.1 Å². The third-order valence-corrected chi connectivity index (χ3v) is 4.33. The fraction of sp³-hybridized carbons (Fsp3) is 0.261. The standard InChI is InChI=1S/C23H25NO3/c1-17(2)19-9-5-10-20(15-19)27-16-23(25)24-13-14-26-22-12-6-8-18-7-3-4-11-21(18)22/h3-12,15,17H,13-14,16H2,1-2H3,(H,24,25). The molecule has 0 aromatic heterocycles. The Balaban J connectivity index is 1.43. The van der Waals surface area contributed by atoms with E-state index in [-0.39, 0.29) is 12.5 Å². The van der Waals surface area contributed by atoms with E-state index in [1.165, 1.54) is 5.56 Å². The molecular weight excluding hydrogens is 338 g/mol. The quantitative estimate of drug-likeness (QED) is 0.598. The van der Waals surface area contributed by atoms with Gasteiger partial charge in [0.25, 0.3) is 5.91 Å². The first-order valence-electron chi connectivity index (χ1n) is 9.23. The van der Waals surface area contributed by atoms with E-state index in [1.54, 1.807) is 0 Å². The summed E-state index contributed by atoms with van der Waals surface area (Å²) < 4.78 is 11.4. The van der Waals surface area contributed by atoms with Gasteiger partial charge in [0.05, 0.1) is 6.54 Å². The van der Waals surface area contributed by atoms with Crippen molar-refractivity contribution in [2.75, 3.05) is 19.8 Å². The van der Waals surface area contributed by atoms with E-state index in [4.69, 9.17) is 9.47 Å². The van der Waals surface area contributed by atoms with Gasteiger partial charge in [-0.3, -0.25) is 4.79 Å². The molecule has 1 N–H and O–H groups in total. The number of nitrogens with one attached hydrogen (secondary N) is 1. The highest BCUT2D eigenvalue weighted by Gasteiger charge is 2.05. The second-order valence-corrected chi connectivity index (χ2v) is 6.69. The number of hydrogen-bond donors (Lipinski definition) is 1. The largest absolute Gasteiger partial charge is 0.491 e. The van der Waals surface area contributed by atoms with Gasteiger partial charge < -0.3 is 14.8 Å². The summed E-state index contributed by atoms with van der Waals surface area (Å²) in [5.41, 5.74) is 1.19. The summed E-state index contributed by atoms with van der Waals surface area (Å²) in [6.07, 6.45) is 0. The summed E-state index contributed by atoms with van der Waals surface area (Å²) in [6.45, 7) is 5.08. The predicted octanol–water partition coefficient (Wildman–Crippen LogP) is 4.54. The molecular formula is C23H25NO3. The van der Waals surface area contributed by atoms with Gasteiger partial charge in [-0.25, -0.2) is 0 Å². The van der Waals surface area contributed by atoms with Crippen molar-refractivity contribution in [2.24, 2.45) is 0 Å². The average Bonchev–Trinajstić information content (AvgIpc) is 2.70. The van der Waals surface area contributed by atoms with Crippen molar-refractivity contribution in [3.8, 4) is 11.5 Å². The lowest BCUT2D eigenvalue weighted by atomic mass is 10.0. The summed E-state index contributed by atoms with van der Waals surface area (Å²) in [6, 6.07) is 21.9. The molecule has 0 saturated carbocycles. The van der Waals surface area contributed by atoms with E-state index in [0.29, 0.717) is 24.8 Å². The summed E-state index contributed by atoms with van der Waals surface area (Å²) >= 11 is 0. The van der Waals surface area contributed by atoms with Crippen molar-refractivity contribution in [3.63, 3.8) is 0 Å². The molecule has 0 aliphatic carbocycles. The Bertz CT molecular complexity index is 900. The molecule has 0 fully saturated rings. The molecule has 140 valence electrons. The van der Waals surface area contributed by atoms with Crippen molar-refractivity contribution in [1.82, 2.24) is 5.32 Å². The number of benzene rings is 3. The lowest BCUT2D eigenvalue weighted by Gasteiger charge is -2.11. The monoisotopic (exact) mass is 363 g/mol. The molecule has 0 aliphatic rings. The smallest absolute Gasteiger partial charge is 0.258 e. The first-order chi connectivity index (χ1) is 13.1. The molecule has 3 rings (SSSR count). The van der Waals surface area contributed by atoms with Gasteiger partial charge in [-0.2, -0.15) is 0 Å². The molecule has 0 atom stereocenters. The fourth-order valence-corrected chi connectivity index (χ4v) is 2.84. The molecule has 3 aromatic rings. The molecule has 1 amide bonds. The van der Waals surface area contributed by atoms with E-state index in [1.807, 2.05) is 48.5 Å². The minimum atomic E-state index is -0.161. The SMILES string of the molecule is CC(C)c1cccc(OCC(=O)NCCOc2cccc3ccccc23)c1. The van der Waals surface area contributed by atoms with Crippen molar-refractivity contribution >= 4 is 16.7 Å². The first-order valence-corrected chi connectivity index (χ1v) is 9.23. The molecule has 4 heteroatoms. The van der Waals surface area contributed by atoms with Gasteiger partial charge in [0, 0.05) is 5.39 Å². The number of carbonyl (C=O) groups excluding carboxylic acids is 1. The van der Waals surface area contributed by atoms with Crippen molar-refractivity contribution < 1.29 is 14.3 Å². The molecule has 0 heterocycles. The molecule has 0 bridgehead atoms. The van der Waals surface area contributed by atoms with Gasteiger partial charge in [0.2, 0.25) is 0 Å². The van der Waals surface area contributed by atoms with E-state index in [9.17, 15) is 4.79 Å². The van der Waals surface area contributed by atoms with Gasteiger partial charge in [0.1, 0.15) is 18.1 Å². The van der Waals surface area contributed by atoms with Crippen LogP contribution in [0.2, 0.25) is 0 Å². The minimum Gasteiger partial charge on any atom is -0.491 e. The molecule has 0 spiro atoms. The van der Waals surface area contributed by atoms with Crippen LogP contribution in [0.15, 0.2) is 66.7 Å². The van der Waals surface area contributed by atoms with E-state index in [0.717, 1.165) is 16.5 Å². The van der Waals surface area contributed by atoms with Gasteiger partial charge in [-0.15, -0.1) is 0 Å². The summed E-state index contributed by atoms with van der Waals surface area (Å²) in [5.74, 6) is 1.80. The summed E-state index contributed by atoms with van der Waals surface area (Å²) in [5, 5.41) is 5.02.